The van der Waals surface area contributed by atoms with Gasteiger partial charge in [-0.1, -0.05) is 13.8 Å². The van der Waals surface area contributed by atoms with E-state index in [0.717, 1.165) is 12.1 Å². The molecule has 1 unspecified atom stereocenters. The van der Waals surface area contributed by atoms with Crippen molar-refractivity contribution in [3.63, 3.8) is 0 Å². The highest BCUT2D eigenvalue weighted by atomic mass is 16.4. The van der Waals surface area contributed by atoms with Gasteiger partial charge in [0.2, 0.25) is 0 Å². The number of carboxylic acids is 1. The Hall–Kier alpha value is -1.45. The average Bonchev–Trinajstić information content (AvgIpc) is 2.19. The van der Waals surface area contributed by atoms with Crippen LogP contribution < -0.4 is 0 Å². The zero-order valence-corrected chi connectivity index (χ0v) is 8.40. The summed E-state index contributed by atoms with van der Waals surface area (Å²) in [5.74, 6) is -1.03. The maximum Gasteiger partial charge on any atom is 0.314 e. The summed E-state index contributed by atoms with van der Waals surface area (Å²) >= 11 is 0. The Labute approximate surface area is 83.0 Å². The van der Waals surface area contributed by atoms with Crippen molar-refractivity contribution in [2.75, 3.05) is 0 Å². The van der Waals surface area contributed by atoms with Gasteiger partial charge in [0.25, 0.3) is 0 Å². The van der Waals surface area contributed by atoms with E-state index in [0.29, 0.717) is 12.2 Å². The summed E-state index contributed by atoms with van der Waals surface area (Å²) in [6.45, 7) is 3.80. The number of aryl methyl sites for hydroxylation is 1. The Morgan fingerprint density at radius 3 is 2.79 bits per heavy atom. The molecule has 1 heterocycles. The van der Waals surface area contributed by atoms with Gasteiger partial charge in [0.05, 0.1) is 0 Å². The van der Waals surface area contributed by atoms with Gasteiger partial charge in [-0.15, -0.1) is 0 Å². The molecule has 1 N–H and O–H groups in total. The van der Waals surface area contributed by atoms with Crippen LogP contribution >= 0.6 is 0 Å². The van der Waals surface area contributed by atoms with Gasteiger partial charge in [0.1, 0.15) is 11.7 Å². The molecule has 0 bridgehead atoms. The van der Waals surface area contributed by atoms with Crippen molar-refractivity contribution >= 4 is 5.97 Å². The van der Waals surface area contributed by atoms with Crippen molar-refractivity contribution in [1.29, 1.82) is 0 Å². The molecular weight excluding hydrogens is 180 g/mol. The van der Waals surface area contributed by atoms with Gasteiger partial charge in [-0.3, -0.25) is 4.79 Å². The smallest absolute Gasteiger partial charge is 0.314 e. The first kappa shape index (κ1) is 10.6. The molecule has 4 nitrogen and oxygen atoms in total. The van der Waals surface area contributed by atoms with Gasteiger partial charge in [-0.2, -0.15) is 0 Å². The first-order valence-corrected chi connectivity index (χ1v) is 4.73. The van der Waals surface area contributed by atoms with Crippen LogP contribution in [-0.2, 0) is 11.2 Å². The molecule has 14 heavy (non-hydrogen) atoms. The lowest BCUT2D eigenvalue weighted by Crippen LogP contribution is -2.14. The highest BCUT2D eigenvalue weighted by Gasteiger charge is 2.20. The average molecular weight is 194 g/mol. The minimum atomic E-state index is -0.860. The summed E-state index contributed by atoms with van der Waals surface area (Å²) in [6.07, 6.45) is 2.93. The van der Waals surface area contributed by atoms with E-state index >= 15 is 0 Å². The molecule has 76 valence electrons. The number of aromatic nitrogens is 2. The van der Waals surface area contributed by atoms with Crippen LogP contribution in [0.4, 0.5) is 0 Å². The van der Waals surface area contributed by atoms with E-state index in [1.807, 2.05) is 13.8 Å². The molecule has 0 saturated carbocycles. The van der Waals surface area contributed by atoms with Crippen LogP contribution in [0.25, 0.3) is 0 Å². The Kier molecular flexibility index (Phi) is 3.56. The molecule has 4 heteroatoms. The van der Waals surface area contributed by atoms with Crippen LogP contribution in [0, 0.1) is 0 Å². The van der Waals surface area contributed by atoms with E-state index in [1.165, 1.54) is 0 Å². The van der Waals surface area contributed by atoms with E-state index in [-0.39, 0.29) is 0 Å². The summed E-state index contributed by atoms with van der Waals surface area (Å²) in [7, 11) is 0. The fraction of sp³-hybridized carbons (Fsp3) is 0.500. The summed E-state index contributed by atoms with van der Waals surface area (Å²) < 4.78 is 0. The van der Waals surface area contributed by atoms with Crippen LogP contribution in [0.5, 0.6) is 0 Å². The lowest BCUT2D eigenvalue weighted by atomic mass is 10.1. The molecular formula is C10H14N2O2. The number of hydrogen-bond acceptors (Lipinski definition) is 3. The molecule has 1 rings (SSSR count). The van der Waals surface area contributed by atoms with Crippen molar-refractivity contribution in [3.8, 4) is 0 Å². The molecule has 0 amide bonds. The summed E-state index contributed by atoms with van der Waals surface area (Å²) in [5, 5.41) is 8.91. The first-order valence-electron chi connectivity index (χ1n) is 4.73. The van der Waals surface area contributed by atoms with Gasteiger partial charge in [0.15, 0.2) is 0 Å². The predicted molar refractivity (Wildman–Crippen MR) is 52.1 cm³/mol. The van der Waals surface area contributed by atoms with Crippen molar-refractivity contribution in [3.05, 3.63) is 23.8 Å². The van der Waals surface area contributed by atoms with Crippen LogP contribution in [-0.4, -0.2) is 21.0 Å². The molecule has 0 fully saturated rings. The fourth-order valence-corrected chi connectivity index (χ4v) is 1.25. The largest absolute Gasteiger partial charge is 0.481 e. The summed E-state index contributed by atoms with van der Waals surface area (Å²) in [6, 6.07) is 1.80. The molecule has 0 aromatic carbocycles. The molecule has 0 saturated heterocycles. The molecule has 0 aliphatic carbocycles. The second-order valence-corrected chi connectivity index (χ2v) is 3.06. The molecule has 1 aromatic heterocycles. The third kappa shape index (κ3) is 2.28. The zero-order chi connectivity index (χ0) is 10.6. The third-order valence-corrected chi connectivity index (χ3v) is 2.11. The maximum absolute atomic E-state index is 10.9. The Morgan fingerprint density at radius 1 is 1.57 bits per heavy atom. The lowest BCUT2D eigenvalue weighted by Gasteiger charge is -2.08. The minimum Gasteiger partial charge on any atom is -0.481 e. The molecule has 0 spiro atoms. The lowest BCUT2D eigenvalue weighted by molar-refractivity contribution is -0.139. The SMILES string of the molecule is CCc1ccnc(C(CC)C(=O)O)n1. The van der Waals surface area contributed by atoms with E-state index in [1.54, 1.807) is 12.3 Å². The molecule has 1 aromatic rings. The van der Waals surface area contributed by atoms with Gasteiger partial charge in [-0.25, -0.2) is 9.97 Å². The number of aliphatic carboxylic acids is 1. The zero-order valence-electron chi connectivity index (χ0n) is 8.40. The second-order valence-electron chi connectivity index (χ2n) is 3.06. The number of hydrogen-bond donors (Lipinski definition) is 1. The van der Waals surface area contributed by atoms with Crippen molar-refractivity contribution < 1.29 is 9.90 Å². The third-order valence-electron chi connectivity index (χ3n) is 2.11. The van der Waals surface area contributed by atoms with Gasteiger partial charge >= 0.3 is 5.97 Å². The van der Waals surface area contributed by atoms with Crippen molar-refractivity contribution in [2.24, 2.45) is 0 Å². The van der Waals surface area contributed by atoms with E-state index in [9.17, 15) is 4.79 Å². The number of carboxylic acid groups (broad SMARTS) is 1. The van der Waals surface area contributed by atoms with Gasteiger partial charge in [0, 0.05) is 11.9 Å². The molecule has 0 aliphatic heterocycles. The van der Waals surface area contributed by atoms with Crippen LogP contribution in [0.15, 0.2) is 12.3 Å². The normalized spacial score (nSPS) is 12.4. The Morgan fingerprint density at radius 2 is 2.29 bits per heavy atom. The minimum absolute atomic E-state index is 0.416. The number of nitrogens with zero attached hydrogens (tertiary/aromatic N) is 2. The highest BCUT2D eigenvalue weighted by molar-refractivity contribution is 5.74. The van der Waals surface area contributed by atoms with Gasteiger partial charge in [-0.05, 0) is 18.9 Å². The van der Waals surface area contributed by atoms with Crippen molar-refractivity contribution in [2.45, 2.75) is 32.6 Å². The molecule has 0 aliphatic rings. The van der Waals surface area contributed by atoms with E-state index < -0.39 is 11.9 Å². The highest BCUT2D eigenvalue weighted by Crippen LogP contribution is 2.15. The monoisotopic (exact) mass is 194 g/mol. The fourth-order valence-electron chi connectivity index (χ4n) is 1.25. The van der Waals surface area contributed by atoms with E-state index in [2.05, 4.69) is 9.97 Å². The topological polar surface area (TPSA) is 63.1 Å². The maximum atomic E-state index is 10.9. The molecule has 0 radical (unpaired) electrons. The first-order chi connectivity index (χ1) is 6.69. The van der Waals surface area contributed by atoms with Crippen LogP contribution in [0.1, 0.15) is 37.7 Å². The standard InChI is InChI=1S/C10H14N2O2/c1-3-7-5-6-11-9(12-7)8(4-2)10(13)14/h5-6,8H,3-4H2,1-2H3,(H,13,14). The Bertz CT molecular complexity index is 326. The second kappa shape index (κ2) is 4.69. The molecule has 1 atom stereocenters. The van der Waals surface area contributed by atoms with Gasteiger partial charge < -0.3 is 5.11 Å². The Balaban J connectivity index is 2.98. The van der Waals surface area contributed by atoms with Crippen molar-refractivity contribution in [1.82, 2.24) is 9.97 Å². The summed E-state index contributed by atoms with van der Waals surface area (Å²) in [4.78, 5) is 19.0. The van der Waals surface area contributed by atoms with Crippen LogP contribution in [0.2, 0.25) is 0 Å². The van der Waals surface area contributed by atoms with Crippen LogP contribution in [0.3, 0.4) is 0 Å². The summed E-state index contributed by atoms with van der Waals surface area (Å²) in [5.41, 5.74) is 0.884. The number of carbonyl (C=O) groups is 1. The predicted octanol–water partition coefficient (Wildman–Crippen LogP) is 1.62. The van der Waals surface area contributed by atoms with E-state index in [4.69, 9.17) is 5.11 Å². The quantitative estimate of drug-likeness (QED) is 0.791. The number of rotatable bonds is 4.